The number of anilines is 1. The normalized spacial score (nSPS) is 20.1. The first-order valence-corrected chi connectivity index (χ1v) is 7.20. The average molecular weight is 261 g/mol. The molecule has 0 spiro atoms. The number of hydrogen-bond donors (Lipinski definition) is 1. The van der Waals surface area contributed by atoms with Crippen LogP contribution < -0.4 is 5.32 Å². The van der Waals surface area contributed by atoms with Crippen LogP contribution in [0.15, 0.2) is 4.42 Å². The predicted molar refractivity (Wildman–Crippen MR) is 71.9 cm³/mol. The third-order valence-electron chi connectivity index (χ3n) is 4.16. The van der Waals surface area contributed by atoms with Gasteiger partial charge in [0, 0.05) is 18.9 Å². The largest absolute Gasteiger partial charge is 0.444 e. The fraction of sp³-hybridized carbons (Fsp3) is 0.600. The van der Waals surface area contributed by atoms with Crippen molar-refractivity contribution in [2.75, 3.05) is 5.32 Å². The number of hydrogen-bond acceptors (Lipinski definition) is 4. The van der Waals surface area contributed by atoms with Crippen molar-refractivity contribution < 1.29 is 14.0 Å². The second kappa shape index (κ2) is 5.19. The van der Waals surface area contributed by atoms with Crippen molar-refractivity contribution in [3.63, 3.8) is 0 Å². The first-order chi connectivity index (χ1) is 9.29. The van der Waals surface area contributed by atoms with Gasteiger partial charge in [-0.25, -0.2) is 0 Å². The van der Waals surface area contributed by atoms with E-state index in [2.05, 4.69) is 5.32 Å². The number of aryl methyl sites for hydroxylation is 1. The fourth-order valence-corrected chi connectivity index (χ4v) is 3.16. The highest BCUT2D eigenvalue weighted by molar-refractivity contribution is 6.06. The van der Waals surface area contributed by atoms with Gasteiger partial charge in [0.25, 0.3) is 0 Å². The van der Waals surface area contributed by atoms with Crippen molar-refractivity contribution >= 4 is 18.0 Å². The molecule has 1 heterocycles. The van der Waals surface area contributed by atoms with Gasteiger partial charge in [0.1, 0.15) is 5.76 Å². The van der Waals surface area contributed by atoms with Crippen LogP contribution >= 0.6 is 0 Å². The van der Waals surface area contributed by atoms with Gasteiger partial charge >= 0.3 is 0 Å². The Morgan fingerprint density at radius 3 is 2.63 bits per heavy atom. The second-order valence-electron chi connectivity index (χ2n) is 5.52. The van der Waals surface area contributed by atoms with Crippen LogP contribution in [0.5, 0.6) is 0 Å². The topological polar surface area (TPSA) is 59.3 Å². The number of furan rings is 1. The number of carbonyl (C=O) groups is 2. The highest BCUT2D eigenvalue weighted by atomic mass is 16.4. The average Bonchev–Trinajstić information content (AvgIpc) is 2.78. The summed E-state index contributed by atoms with van der Waals surface area (Å²) in [6, 6.07) is 0.371. The van der Waals surface area contributed by atoms with Crippen molar-refractivity contribution in [2.24, 2.45) is 0 Å². The summed E-state index contributed by atoms with van der Waals surface area (Å²) in [7, 11) is 0. The lowest BCUT2D eigenvalue weighted by Crippen LogP contribution is -2.22. The molecule has 0 bridgehead atoms. The molecule has 1 aromatic rings. The van der Waals surface area contributed by atoms with Crippen molar-refractivity contribution in [2.45, 2.75) is 57.4 Å². The van der Waals surface area contributed by atoms with Crippen molar-refractivity contribution in [1.82, 2.24) is 0 Å². The first kappa shape index (κ1) is 12.5. The van der Waals surface area contributed by atoms with Gasteiger partial charge in [-0.15, -0.1) is 0 Å². The van der Waals surface area contributed by atoms with Gasteiger partial charge in [-0.3, -0.25) is 9.59 Å². The Morgan fingerprint density at radius 1 is 1.11 bits per heavy atom. The molecule has 0 unspecified atom stereocenters. The van der Waals surface area contributed by atoms with Gasteiger partial charge in [0.15, 0.2) is 12.1 Å². The third kappa shape index (κ3) is 2.31. The van der Waals surface area contributed by atoms with Crippen LogP contribution in [0.1, 0.15) is 71.4 Å². The zero-order valence-corrected chi connectivity index (χ0v) is 11.0. The molecule has 1 fully saturated rings. The summed E-state index contributed by atoms with van der Waals surface area (Å²) in [6.45, 7) is 0. The highest BCUT2D eigenvalue weighted by Crippen LogP contribution is 2.33. The maximum absolute atomic E-state index is 11.9. The molecule has 1 N–H and O–H groups in total. The molecular formula is C15H19NO3. The molecule has 1 aromatic heterocycles. The predicted octanol–water partition coefficient (Wildman–Crippen LogP) is 3.36. The Hall–Kier alpha value is -1.58. The van der Waals surface area contributed by atoms with Crippen molar-refractivity contribution in [3.8, 4) is 0 Å². The van der Waals surface area contributed by atoms with Crippen molar-refractivity contribution in [3.05, 3.63) is 16.9 Å². The number of nitrogens with one attached hydrogen (secondary N) is 1. The summed E-state index contributed by atoms with van der Waals surface area (Å²) in [5.74, 6) is 1.25. The van der Waals surface area contributed by atoms with Crippen LogP contribution in [0, 0.1) is 0 Å². The minimum Gasteiger partial charge on any atom is -0.444 e. The third-order valence-corrected chi connectivity index (χ3v) is 4.16. The number of Topliss-reactive ketones (excluding diaryl/α,β-unsaturated/α-hetero) is 1. The summed E-state index contributed by atoms with van der Waals surface area (Å²) >= 11 is 0. The van der Waals surface area contributed by atoms with E-state index in [1.54, 1.807) is 0 Å². The molecule has 2 aliphatic rings. The summed E-state index contributed by atoms with van der Waals surface area (Å²) in [6.07, 6.45) is 8.80. The SMILES string of the molecule is O=Cc1c(NC2CCCCC2)oc2c1C(=O)CCC2. The zero-order valence-electron chi connectivity index (χ0n) is 11.0. The van der Waals surface area contributed by atoms with Gasteiger partial charge in [-0.1, -0.05) is 19.3 Å². The molecule has 0 amide bonds. The maximum Gasteiger partial charge on any atom is 0.204 e. The lowest BCUT2D eigenvalue weighted by Gasteiger charge is -2.22. The van der Waals surface area contributed by atoms with Gasteiger partial charge in [0.05, 0.1) is 11.1 Å². The lowest BCUT2D eigenvalue weighted by molar-refractivity contribution is 0.0964. The molecule has 4 nitrogen and oxygen atoms in total. The van der Waals surface area contributed by atoms with E-state index in [-0.39, 0.29) is 5.78 Å². The summed E-state index contributed by atoms with van der Waals surface area (Å²) in [4.78, 5) is 23.2. The van der Waals surface area contributed by atoms with E-state index in [0.717, 1.165) is 32.0 Å². The van der Waals surface area contributed by atoms with E-state index in [1.165, 1.54) is 19.3 Å². The molecule has 19 heavy (non-hydrogen) atoms. The highest BCUT2D eigenvalue weighted by Gasteiger charge is 2.29. The minimum atomic E-state index is 0.0452. The zero-order chi connectivity index (χ0) is 13.2. The van der Waals surface area contributed by atoms with Crippen LogP contribution in [0.2, 0.25) is 0 Å². The molecule has 1 saturated carbocycles. The Bertz CT molecular complexity index is 498. The van der Waals surface area contributed by atoms with Gasteiger partial charge in [-0.05, 0) is 19.3 Å². The van der Waals surface area contributed by atoms with E-state index in [4.69, 9.17) is 4.42 Å². The number of ketones is 1. The molecule has 2 aliphatic carbocycles. The van der Waals surface area contributed by atoms with Crippen LogP contribution in [-0.2, 0) is 6.42 Å². The smallest absolute Gasteiger partial charge is 0.204 e. The molecule has 102 valence electrons. The molecule has 4 heteroatoms. The molecule has 0 saturated heterocycles. The first-order valence-electron chi connectivity index (χ1n) is 7.20. The van der Waals surface area contributed by atoms with Gasteiger partial charge in [-0.2, -0.15) is 0 Å². The number of carbonyl (C=O) groups excluding carboxylic acids is 2. The lowest BCUT2D eigenvalue weighted by atomic mass is 9.93. The monoisotopic (exact) mass is 261 g/mol. The number of aldehydes is 1. The van der Waals surface area contributed by atoms with Crippen molar-refractivity contribution in [1.29, 1.82) is 0 Å². The van der Waals surface area contributed by atoms with Gasteiger partial charge in [0.2, 0.25) is 5.88 Å². The Kier molecular flexibility index (Phi) is 3.40. The molecule has 0 atom stereocenters. The second-order valence-corrected chi connectivity index (χ2v) is 5.52. The summed E-state index contributed by atoms with van der Waals surface area (Å²) in [5.41, 5.74) is 0.963. The Balaban J connectivity index is 1.88. The summed E-state index contributed by atoms with van der Waals surface area (Å²) < 4.78 is 5.74. The minimum absolute atomic E-state index is 0.0452. The van der Waals surface area contributed by atoms with E-state index < -0.39 is 0 Å². The van der Waals surface area contributed by atoms with Crippen LogP contribution in [0.25, 0.3) is 0 Å². The molecular weight excluding hydrogens is 242 g/mol. The van der Waals surface area contributed by atoms with E-state index in [1.807, 2.05) is 0 Å². The molecule has 0 radical (unpaired) electrons. The number of rotatable bonds is 3. The number of fused-ring (bicyclic) bond motifs is 1. The molecule has 3 rings (SSSR count). The fourth-order valence-electron chi connectivity index (χ4n) is 3.16. The Labute approximate surface area is 112 Å². The van der Waals surface area contributed by atoms with E-state index in [0.29, 0.717) is 35.2 Å². The van der Waals surface area contributed by atoms with Crippen LogP contribution in [0.3, 0.4) is 0 Å². The van der Waals surface area contributed by atoms with Crippen LogP contribution in [0.4, 0.5) is 5.88 Å². The van der Waals surface area contributed by atoms with Crippen LogP contribution in [-0.4, -0.2) is 18.1 Å². The summed E-state index contributed by atoms with van der Waals surface area (Å²) in [5, 5.41) is 3.33. The Morgan fingerprint density at radius 2 is 1.89 bits per heavy atom. The van der Waals surface area contributed by atoms with E-state index >= 15 is 0 Å². The van der Waals surface area contributed by atoms with E-state index in [9.17, 15) is 9.59 Å². The quantitative estimate of drug-likeness (QED) is 0.848. The molecule has 0 aliphatic heterocycles. The van der Waals surface area contributed by atoms with Gasteiger partial charge < -0.3 is 9.73 Å². The maximum atomic E-state index is 11.9. The standard InChI is InChI=1S/C15H19NO3/c17-9-11-14-12(18)7-4-8-13(14)19-15(11)16-10-5-2-1-3-6-10/h9-10,16H,1-8H2. The molecule has 0 aromatic carbocycles.